The SMILES string of the molecule is Cc1cc(C)c(NC(=O)c2ccc3nc(NC(=O)NCC4CCCCC4)sc3c2)c(C)c1. The number of nitrogens with zero attached hydrogens (tertiary/aromatic N) is 1. The molecule has 1 aliphatic rings. The Kier molecular flexibility index (Phi) is 6.74. The molecule has 32 heavy (non-hydrogen) atoms. The largest absolute Gasteiger partial charge is 0.338 e. The van der Waals surface area contributed by atoms with E-state index in [1.165, 1.54) is 49.0 Å². The Balaban J connectivity index is 1.41. The lowest BCUT2D eigenvalue weighted by Gasteiger charge is -2.21. The van der Waals surface area contributed by atoms with E-state index in [1.807, 2.05) is 32.9 Å². The Bertz CT molecular complexity index is 1130. The number of fused-ring (bicyclic) bond motifs is 1. The minimum atomic E-state index is -0.224. The summed E-state index contributed by atoms with van der Waals surface area (Å²) in [5, 5.41) is 9.38. The van der Waals surface area contributed by atoms with Gasteiger partial charge in [-0.2, -0.15) is 0 Å². The number of hydrogen-bond acceptors (Lipinski definition) is 4. The summed E-state index contributed by atoms with van der Waals surface area (Å²) in [4.78, 5) is 29.6. The summed E-state index contributed by atoms with van der Waals surface area (Å²) in [5.41, 5.74) is 5.43. The van der Waals surface area contributed by atoms with Crippen molar-refractivity contribution in [3.63, 3.8) is 0 Å². The molecule has 0 radical (unpaired) electrons. The molecule has 0 saturated heterocycles. The third kappa shape index (κ3) is 5.27. The second kappa shape index (κ2) is 9.69. The third-order valence-corrected chi connectivity index (χ3v) is 7.00. The molecule has 0 bridgehead atoms. The number of amides is 3. The van der Waals surface area contributed by atoms with E-state index >= 15 is 0 Å². The summed E-state index contributed by atoms with van der Waals surface area (Å²) in [6, 6.07) is 9.31. The fourth-order valence-corrected chi connectivity index (χ4v) is 5.35. The van der Waals surface area contributed by atoms with Crippen LogP contribution in [0.5, 0.6) is 0 Å². The van der Waals surface area contributed by atoms with Gasteiger partial charge in [0.05, 0.1) is 10.2 Å². The van der Waals surface area contributed by atoms with Crippen molar-refractivity contribution < 1.29 is 9.59 Å². The van der Waals surface area contributed by atoms with Gasteiger partial charge in [0.25, 0.3) is 5.91 Å². The number of nitrogens with one attached hydrogen (secondary N) is 3. The first-order chi connectivity index (χ1) is 15.4. The maximum Gasteiger partial charge on any atom is 0.321 e. The first kappa shape index (κ1) is 22.3. The second-order valence-corrected chi connectivity index (χ2v) is 9.80. The molecule has 4 rings (SSSR count). The van der Waals surface area contributed by atoms with E-state index in [9.17, 15) is 9.59 Å². The summed E-state index contributed by atoms with van der Waals surface area (Å²) >= 11 is 1.37. The lowest BCUT2D eigenvalue weighted by molar-refractivity contribution is 0.102. The summed E-state index contributed by atoms with van der Waals surface area (Å²) in [7, 11) is 0. The van der Waals surface area contributed by atoms with Gasteiger partial charge < -0.3 is 10.6 Å². The highest BCUT2D eigenvalue weighted by Crippen LogP contribution is 2.28. The van der Waals surface area contributed by atoms with Crippen LogP contribution < -0.4 is 16.0 Å². The summed E-state index contributed by atoms with van der Waals surface area (Å²) < 4.78 is 0.859. The van der Waals surface area contributed by atoms with Crippen LogP contribution in [-0.4, -0.2) is 23.5 Å². The van der Waals surface area contributed by atoms with E-state index in [2.05, 4.69) is 33.1 Å². The average molecular weight is 451 g/mol. The van der Waals surface area contributed by atoms with E-state index in [1.54, 1.807) is 6.07 Å². The average Bonchev–Trinajstić information content (AvgIpc) is 3.16. The zero-order valence-electron chi connectivity index (χ0n) is 18.9. The molecule has 3 N–H and O–H groups in total. The number of carbonyl (C=O) groups is 2. The monoisotopic (exact) mass is 450 g/mol. The zero-order valence-corrected chi connectivity index (χ0v) is 19.7. The standard InChI is InChI=1S/C25H30N4O2S/c1-15-11-16(2)22(17(3)12-15)28-23(30)19-9-10-20-21(13-19)32-25(27-20)29-24(31)26-14-18-7-5-4-6-8-18/h9-13,18H,4-8,14H2,1-3H3,(H,28,30)(H2,26,27,29,31). The molecule has 0 spiro atoms. The molecule has 1 fully saturated rings. The molecule has 1 aromatic heterocycles. The normalized spacial score (nSPS) is 14.3. The number of benzene rings is 2. The van der Waals surface area contributed by atoms with Gasteiger partial charge in [0, 0.05) is 17.8 Å². The van der Waals surface area contributed by atoms with Crippen molar-refractivity contribution in [1.29, 1.82) is 0 Å². The van der Waals surface area contributed by atoms with Crippen LogP contribution in [0.15, 0.2) is 30.3 Å². The van der Waals surface area contributed by atoms with Crippen LogP contribution in [0, 0.1) is 26.7 Å². The Morgan fingerprint density at radius 2 is 1.72 bits per heavy atom. The van der Waals surface area contributed by atoms with Crippen molar-refractivity contribution >= 4 is 44.3 Å². The molecule has 1 aliphatic carbocycles. The third-order valence-electron chi connectivity index (χ3n) is 6.06. The van der Waals surface area contributed by atoms with Gasteiger partial charge in [0.15, 0.2) is 5.13 Å². The molecule has 1 heterocycles. The molecule has 6 nitrogen and oxygen atoms in total. The molecule has 3 amide bonds. The first-order valence-electron chi connectivity index (χ1n) is 11.2. The highest BCUT2D eigenvalue weighted by molar-refractivity contribution is 7.22. The molecular weight excluding hydrogens is 420 g/mol. The van der Waals surface area contributed by atoms with E-state index in [0.717, 1.165) is 27.0 Å². The number of thiazole rings is 1. The van der Waals surface area contributed by atoms with Gasteiger partial charge >= 0.3 is 6.03 Å². The number of rotatable bonds is 5. The molecule has 0 atom stereocenters. The number of urea groups is 1. The minimum Gasteiger partial charge on any atom is -0.338 e. The molecule has 7 heteroatoms. The van der Waals surface area contributed by atoms with Crippen LogP contribution >= 0.6 is 11.3 Å². The van der Waals surface area contributed by atoms with Crippen LogP contribution in [0.1, 0.15) is 59.2 Å². The Morgan fingerprint density at radius 1 is 1.00 bits per heavy atom. The lowest BCUT2D eigenvalue weighted by Crippen LogP contribution is -2.33. The van der Waals surface area contributed by atoms with Crippen molar-refractivity contribution in [3.8, 4) is 0 Å². The van der Waals surface area contributed by atoms with Crippen molar-refractivity contribution in [1.82, 2.24) is 10.3 Å². The predicted molar refractivity (Wildman–Crippen MR) is 132 cm³/mol. The van der Waals surface area contributed by atoms with Crippen LogP contribution in [0.2, 0.25) is 0 Å². The van der Waals surface area contributed by atoms with E-state index in [0.29, 0.717) is 23.2 Å². The van der Waals surface area contributed by atoms with Gasteiger partial charge in [0.2, 0.25) is 0 Å². The summed E-state index contributed by atoms with van der Waals surface area (Å²) in [6.07, 6.45) is 6.19. The van der Waals surface area contributed by atoms with Gasteiger partial charge in [-0.05, 0) is 68.9 Å². The maximum absolute atomic E-state index is 12.9. The highest BCUT2D eigenvalue weighted by Gasteiger charge is 2.16. The van der Waals surface area contributed by atoms with Gasteiger partial charge in [0.1, 0.15) is 0 Å². The maximum atomic E-state index is 12.9. The molecule has 3 aromatic rings. The lowest BCUT2D eigenvalue weighted by atomic mass is 9.89. The van der Waals surface area contributed by atoms with Gasteiger partial charge in [-0.3, -0.25) is 10.1 Å². The quantitative estimate of drug-likeness (QED) is 0.434. The topological polar surface area (TPSA) is 83.1 Å². The fourth-order valence-electron chi connectivity index (χ4n) is 4.45. The smallest absolute Gasteiger partial charge is 0.321 e. The Morgan fingerprint density at radius 3 is 2.44 bits per heavy atom. The molecular formula is C25H30N4O2S. The van der Waals surface area contributed by atoms with Gasteiger partial charge in [-0.25, -0.2) is 9.78 Å². The first-order valence-corrected chi connectivity index (χ1v) is 12.1. The number of carbonyl (C=O) groups excluding carboxylic acids is 2. The van der Waals surface area contributed by atoms with Gasteiger partial charge in [-0.1, -0.05) is 48.3 Å². The van der Waals surface area contributed by atoms with E-state index in [-0.39, 0.29) is 11.9 Å². The van der Waals surface area contributed by atoms with Gasteiger partial charge in [-0.15, -0.1) is 0 Å². The number of anilines is 2. The van der Waals surface area contributed by atoms with E-state index in [4.69, 9.17) is 0 Å². The van der Waals surface area contributed by atoms with Crippen molar-refractivity contribution in [2.75, 3.05) is 17.2 Å². The van der Waals surface area contributed by atoms with Crippen molar-refractivity contribution in [2.45, 2.75) is 52.9 Å². The Labute approximate surface area is 192 Å². The second-order valence-electron chi connectivity index (χ2n) is 8.77. The summed E-state index contributed by atoms with van der Waals surface area (Å²) in [6.45, 7) is 6.75. The van der Waals surface area contributed by atoms with Crippen LogP contribution in [0.25, 0.3) is 10.2 Å². The van der Waals surface area contributed by atoms with Crippen LogP contribution in [0.3, 0.4) is 0 Å². The highest BCUT2D eigenvalue weighted by atomic mass is 32.1. The van der Waals surface area contributed by atoms with E-state index < -0.39 is 0 Å². The minimum absolute atomic E-state index is 0.157. The number of aryl methyl sites for hydroxylation is 3. The molecule has 0 aliphatic heterocycles. The van der Waals surface area contributed by atoms with Crippen molar-refractivity contribution in [3.05, 3.63) is 52.6 Å². The van der Waals surface area contributed by atoms with Crippen LogP contribution in [0.4, 0.5) is 15.6 Å². The van der Waals surface area contributed by atoms with Crippen LogP contribution in [-0.2, 0) is 0 Å². The molecule has 168 valence electrons. The fraction of sp³-hybridized carbons (Fsp3) is 0.400. The predicted octanol–water partition coefficient (Wildman–Crippen LogP) is 6.18. The molecule has 0 unspecified atom stereocenters. The molecule has 2 aromatic carbocycles. The number of hydrogen-bond donors (Lipinski definition) is 3. The van der Waals surface area contributed by atoms with Crippen molar-refractivity contribution in [2.24, 2.45) is 5.92 Å². The number of aromatic nitrogens is 1. The zero-order chi connectivity index (χ0) is 22.7. The summed E-state index contributed by atoms with van der Waals surface area (Å²) in [5.74, 6) is 0.418. The Hall–Kier alpha value is -2.93. The molecule has 1 saturated carbocycles.